The van der Waals surface area contributed by atoms with E-state index in [0.29, 0.717) is 5.56 Å². The number of carbonyl (C=O) groups is 1. The van der Waals surface area contributed by atoms with Crippen LogP contribution in [0.25, 0.3) is 11.3 Å². The van der Waals surface area contributed by atoms with Crippen molar-refractivity contribution >= 4 is 5.91 Å². The summed E-state index contributed by atoms with van der Waals surface area (Å²) in [5, 5.41) is 0. The topological polar surface area (TPSA) is 60.9 Å². The van der Waals surface area contributed by atoms with Gasteiger partial charge < -0.3 is 10.3 Å². The number of amides is 1. The van der Waals surface area contributed by atoms with E-state index in [1.165, 1.54) is 5.56 Å². The highest BCUT2D eigenvalue weighted by Gasteiger charge is 2.24. The van der Waals surface area contributed by atoms with E-state index in [1.807, 2.05) is 43.3 Å². The minimum atomic E-state index is -0.401. The molecule has 0 saturated heterocycles. The maximum Gasteiger partial charge on any atom is 0.251 e. The second-order valence-electron chi connectivity index (χ2n) is 6.18. The number of hydrogen-bond donors (Lipinski definition) is 1. The number of pyridine rings is 1. The molecule has 0 aliphatic rings. The highest BCUT2D eigenvalue weighted by molar-refractivity contribution is 6.01. The lowest BCUT2D eigenvalue weighted by atomic mass is 10.0. The molecule has 1 amide bonds. The second kappa shape index (κ2) is 7.34. The van der Waals surface area contributed by atoms with Gasteiger partial charge in [-0.05, 0) is 31.0 Å². The summed E-state index contributed by atoms with van der Waals surface area (Å²) in [5.41, 5.74) is 11.2. The first-order chi connectivity index (χ1) is 12.1. The highest BCUT2D eigenvalue weighted by atomic mass is 16.1. The van der Waals surface area contributed by atoms with E-state index in [0.717, 1.165) is 42.0 Å². The molecule has 0 saturated carbocycles. The number of nitrogens with two attached hydrogens (primary N) is 1. The zero-order chi connectivity index (χ0) is 17.8. The Balaban J connectivity index is 2.22. The Kier molecular flexibility index (Phi) is 4.98. The van der Waals surface area contributed by atoms with Gasteiger partial charge in [-0.15, -0.1) is 0 Å². The molecule has 128 valence electrons. The van der Waals surface area contributed by atoms with Crippen molar-refractivity contribution in [3.63, 3.8) is 0 Å². The molecule has 0 spiro atoms. The van der Waals surface area contributed by atoms with E-state index in [1.54, 1.807) is 6.20 Å². The van der Waals surface area contributed by atoms with Crippen LogP contribution in [0.5, 0.6) is 0 Å². The van der Waals surface area contributed by atoms with Crippen molar-refractivity contribution < 1.29 is 4.79 Å². The van der Waals surface area contributed by atoms with Gasteiger partial charge in [0.1, 0.15) is 0 Å². The summed E-state index contributed by atoms with van der Waals surface area (Å²) in [7, 11) is 0. The van der Waals surface area contributed by atoms with E-state index in [4.69, 9.17) is 5.73 Å². The molecule has 4 nitrogen and oxygen atoms in total. The summed E-state index contributed by atoms with van der Waals surface area (Å²) in [5.74, 6) is -0.401. The van der Waals surface area contributed by atoms with E-state index in [-0.39, 0.29) is 0 Å². The smallest absolute Gasteiger partial charge is 0.251 e. The molecule has 1 aromatic carbocycles. The average Bonchev–Trinajstić information content (AvgIpc) is 2.90. The number of nitrogens with zero attached hydrogens (tertiary/aromatic N) is 2. The predicted molar refractivity (Wildman–Crippen MR) is 100 cm³/mol. The van der Waals surface area contributed by atoms with Crippen LogP contribution in [0.4, 0.5) is 0 Å². The van der Waals surface area contributed by atoms with E-state index in [2.05, 4.69) is 28.6 Å². The molecule has 3 rings (SSSR count). The van der Waals surface area contributed by atoms with Crippen molar-refractivity contribution in [2.24, 2.45) is 5.73 Å². The van der Waals surface area contributed by atoms with Gasteiger partial charge in [0.25, 0.3) is 5.91 Å². The first kappa shape index (κ1) is 17.0. The van der Waals surface area contributed by atoms with Crippen LogP contribution < -0.4 is 5.73 Å². The predicted octanol–water partition coefficient (Wildman–Crippen LogP) is 3.96. The van der Waals surface area contributed by atoms with Crippen molar-refractivity contribution in [1.29, 1.82) is 0 Å². The monoisotopic (exact) mass is 333 g/mol. The minimum Gasteiger partial charge on any atom is -0.366 e. The van der Waals surface area contributed by atoms with Gasteiger partial charge >= 0.3 is 0 Å². The Morgan fingerprint density at radius 3 is 2.44 bits per heavy atom. The Bertz CT molecular complexity index is 867. The number of benzene rings is 1. The van der Waals surface area contributed by atoms with E-state index < -0.39 is 5.91 Å². The van der Waals surface area contributed by atoms with Crippen molar-refractivity contribution in [1.82, 2.24) is 9.55 Å². The standard InChI is InChI=1S/C21H23N3O/c1-3-9-18-20(17-12-7-8-13-23-17)19(21(22)25)15(2)24(18)14-16-10-5-4-6-11-16/h4-8,10-13H,3,9,14H2,1-2H3,(H2,22,25). The summed E-state index contributed by atoms with van der Waals surface area (Å²) in [6.07, 6.45) is 3.60. The molecule has 0 aliphatic carbocycles. The number of carbonyl (C=O) groups excluding carboxylic acids is 1. The van der Waals surface area contributed by atoms with E-state index >= 15 is 0 Å². The molecular formula is C21H23N3O. The SMILES string of the molecule is CCCc1c(-c2ccccn2)c(C(N)=O)c(C)n1Cc1ccccc1. The summed E-state index contributed by atoms with van der Waals surface area (Å²) in [6.45, 7) is 4.82. The third-order valence-electron chi connectivity index (χ3n) is 4.47. The summed E-state index contributed by atoms with van der Waals surface area (Å²) < 4.78 is 2.21. The van der Waals surface area contributed by atoms with Crippen LogP contribution in [0.3, 0.4) is 0 Å². The molecule has 2 N–H and O–H groups in total. The summed E-state index contributed by atoms with van der Waals surface area (Å²) >= 11 is 0. The lowest BCUT2D eigenvalue weighted by Gasteiger charge is -2.12. The lowest BCUT2D eigenvalue weighted by Crippen LogP contribution is -2.13. The molecule has 0 fully saturated rings. The largest absolute Gasteiger partial charge is 0.366 e. The van der Waals surface area contributed by atoms with Gasteiger partial charge in [-0.3, -0.25) is 9.78 Å². The number of aromatic nitrogens is 2. The fourth-order valence-corrected chi connectivity index (χ4v) is 3.36. The van der Waals surface area contributed by atoms with Crippen LogP contribution in [0.1, 0.15) is 40.7 Å². The van der Waals surface area contributed by atoms with Crippen LogP contribution in [0, 0.1) is 6.92 Å². The van der Waals surface area contributed by atoms with Crippen molar-refractivity contribution in [2.45, 2.75) is 33.2 Å². The molecule has 2 aromatic heterocycles. The fraction of sp³-hybridized carbons (Fsp3) is 0.238. The van der Waals surface area contributed by atoms with Gasteiger partial charge in [-0.25, -0.2) is 0 Å². The Morgan fingerprint density at radius 2 is 1.84 bits per heavy atom. The van der Waals surface area contributed by atoms with Gasteiger partial charge in [0.15, 0.2) is 0 Å². The molecule has 3 aromatic rings. The maximum absolute atomic E-state index is 12.2. The lowest BCUT2D eigenvalue weighted by molar-refractivity contribution is 0.1000. The zero-order valence-corrected chi connectivity index (χ0v) is 14.7. The summed E-state index contributed by atoms with van der Waals surface area (Å²) in [6, 6.07) is 16.0. The molecule has 0 aliphatic heterocycles. The third-order valence-corrected chi connectivity index (χ3v) is 4.47. The quantitative estimate of drug-likeness (QED) is 0.742. The average molecular weight is 333 g/mol. The minimum absolute atomic E-state index is 0.401. The van der Waals surface area contributed by atoms with Crippen molar-refractivity contribution in [2.75, 3.05) is 0 Å². The Labute approximate surface area is 148 Å². The first-order valence-electron chi connectivity index (χ1n) is 8.60. The van der Waals surface area contributed by atoms with Gasteiger partial charge in [0.05, 0.1) is 11.3 Å². The number of primary amides is 1. The molecule has 4 heteroatoms. The Hall–Kier alpha value is -2.88. The fourth-order valence-electron chi connectivity index (χ4n) is 3.36. The molecule has 2 heterocycles. The van der Waals surface area contributed by atoms with Gasteiger partial charge in [-0.2, -0.15) is 0 Å². The molecule has 0 radical (unpaired) electrons. The maximum atomic E-state index is 12.2. The molecule has 25 heavy (non-hydrogen) atoms. The molecule has 0 unspecified atom stereocenters. The molecule has 0 bridgehead atoms. The van der Waals surface area contributed by atoms with Crippen LogP contribution in [0.15, 0.2) is 54.7 Å². The van der Waals surface area contributed by atoms with E-state index in [9.17, 15) is 4.79 Å². The molecular weight excluding hydrogens is 310 g/mol. The van der Waals surface area contributed by atoms with Crippen LogP contribution in [0.2, 0.25) is 0 Å². The van der Waals surface area contributed by atoms with Gasteiger partial charge in [0.2, 0.25) is 0 Å². The first-order valence-corrected chi connectivity index (χ1v) is 8.60. The number of hydrogen-bond acceptors (Lipinski definition) is 2. The normalized spacial score (nSPS) is 10.8. The Morgan fingerprint density at radius 1 is 1.12 bits per heavy atom. The zero-order valence-electron chi connectivity index (χ0n) is 14.7. The highest BCUT2D eigenvalue weighted by Crippen LogP contribution is 2.33. The molecule has 0 atom stereocenters. The van der Waals surface area contributed by atoms with Crippen molar-refractivity contribution in [3.05, 3.63) is 77.2 Å². The summed E-state index contributed by atoms with van der Waals surface area (Å²) in [4.78, 5) is 16.7. The van der Waals surface area contributed by atoms with Crippen LogP contribution in [-0.4, -0.2) is 15.5 Å². The van der Waals surface area contributed by atoms with Gasteiger partial charge in [-0.1, -0.05) is 49.7 Å². The number of rotatable bonds is 6. The van der Waals surface area contributed by atoms with Crippen molar-refractivity contribution in [3.8, 4) is 11.3 Å². The van der Waals surface area contributed by atoms with Crippen LogP contribution >= 0.6 is 0 Å². The second-order valence-corrected chi connectivity index (χ2v) is 6.18. The third kappa shape index (κ3) is 3.33. The van der Waals surface area contributed by atoms with Gasteiger partial charge in [0, 0.05) is 29.7 Å². The van der Waals surface area contributed by atoms with Crippen LogP contribution in [-0.2, 0) is 13.0 Å².